The highest BCUT2D eigenvalue weighted by Crippen LogP contribution is 2.32. The number of hydrogen-bond acceptors (Lipinski definition) is 4. The Kier molecular flexibility index (Phi) is 11.3. The number of halogens is 3. The first kappa shape index (κ1) is 26.5. The van der Waals surface area contributed by atoms with Crippen molar-refractivity contribution in [3.05, 3.63) is 29.8 Å². The van der Waals surface area contributed by atoms with Gasteiger partial charge in [-0.05, 0) is 56.3 Å². The first-order valence-electron chi connectivity index (χ1n) is 10.2. The number of likely N-dealkylation sites (N-methyl/N-ethyl adjacent to an activating group) is 1. The number of hydrogen-bond donors (Lipinski definition) is 2. The maximum atomic E-state index is 12.5. The quantitative estimate of drug-likeness (QED) is 0.698. The van der Waals surface area contributed by atoms with Crippen LogP contribution < -0.4 is 10.6 Å². The molecule has 0 aliphatic carbocycles. The van der Waals surface area contributed by atoms with E-state index in [1.54, 1.807) is 0 Å². The first-order chi connectivity index (χ1) is 12.6. The number of anilines is 1. The van der Waals surface area contributed by atoms with Crippen LogP contribution in [0.4, 0.5) is 5.69 Å². The smallest absolute Gasteiger partial charge is 0.224 e. The second-order valence-corrected chi connectivity index (χ2v) is 8.51. The number of fused-ring (bicyclic) bond motifs is 2. The Labute approximate surface area is 193 Å². The Morgan fingerprint density at radius 1 is 1.07 bits per heavy atom. The lowest BCUT2D eigenvalue weighted by atomic mass is 9.89. The molecule has 8 heteroatoms. The van der Waals surface area contributed by atoms with Crippen LogP contribution in [0.2, 0.25) is 0 Å². The van der Waals surface area contributed by atoms with Gasteiger partial charge < -0.3 is 15.5 Å². The molecule has 166 valence electrons. The van der Waals surface area contributed by atoms with Crippen LogP contribution in [0.1, 0.15) is 37.7 Å². The van der Waals surface area contributed by atoms with Crippen molar-refractivity contribution in [2.45, 2.75) is 50.7 Å². The molecule has 5 nitrogen and oxygen atoms in total. The van der Waals surface area contributed by atoms with E-state index in [0.29, 0.717) is 24.4 Å². The van der Waals surface area contributed by atoms with E-state index in [9.17, 15) is 4.79 Å². The van der Waals surface area contributed by atoms with E-state index >= 15 is 0 Å². The molecule has 0 radical (unpaired) electrons. The number of carbonyl (C=O) groups is 1. The third-order valence-electron chi connectivity index (χ3n) is 6.26. The zero-order valence-electron chi connectivity index (χ0n) is 17.1. The lowest BCUT2D eigenvalue weighted by molar-refractivity contribution is -0.117. The van der Waals surface area contributed by atoms with E-state index in [4.69, 9.17) is 0 Å². The van der Waals surface area contributed by atoms with E-state index in [-0.39, 0.29) is 43.1 Å². The number of rotatable bonds is 5. The minimum absolute atomic E-state index is 0. The van der Waals surface area contributed by atoms with Crippen molar-refractivity contribution < 1.29 is 4.79 Å². The SMILES string of the molecule is CN1CCN(Cc2cccc(NC(=O)CC3CC4CCC(C3)N4)c2)CC1.Cl.Cl.Cl. The van der Waals surface area contributed by atoms with E-state index in [1.165, 1.54) is 18.4 Å². The van der Waals surface area contributed by atoms with Crippen molar-refractivity contribution >= 4 is 48.8 Å². The van der Waals surface area contributed by atoms with Crippen molar-refractivity contribution in [3.63, 3.8) is 0 Å². The van der Waals surface area contributed by atoms with Gasteiger partial charge in [0.2, 0.25) is 5.91 Å². The molecule has 2 unspecified atom stereocenters. The van der Waals surface area contributed by atoms with Crippen LogP contribution in [0.3, 0.4) is 0 Å². The largest absolute Gasteiger partial charge is 0.326 e. The molecular weight excluding hydrogens is 431 g/mol. The molecule has 0 spiro atoms. The maximum Gasteiger partial charge on any atom is 0.224 e. The Hall–Kier alpha value is -0.560. The van der Waals surface area contributed by atoms with Gasteiger partial charge in [0, 0.05) is 56.9 Å². The molecule has 3 aliphatic rings. The molecule has 3 heterocycles. The van der Waals surface area contributed by atoms with Crippen molar-refractivity contribution in [1.29, 1.82) is 0 Å². The summed E-state index contributed by atoms with van der Waals surface area (Å²) in [6, 6.07) is 9.68. The van der Waals surface area contributed by atoms with E-state index in [1.807, 2.05) is 6.07 Å². The number of amides is 1. The van der Waals surface area contributed by atoms with Crippen LogP contribution in [0.25, 0.3) is 0 Å². The van der Waals surface area contributed by atoms with Gasteiger partial charge in [-0.1, -0.05) is 12.1 Å². The van der Waals surface area contributed by atoms with Gasteiger partial charge in [-0.2, -0.15) is 0 Å². The summed E-state index contributed by atoms with van der Waals surface area (Å²) in [6.45, 7) is 5.47. The number of carbonyl (C=O) groups excluding carboxylic acids is 1. The molecule has 1 amide bonds. The van der Waals surface area contributed by atoms with E-state index in [0.717, 1.165) is 51.3 Å². The molecule has 0 saturated carbocycles. The lowest BCUT2D eigenvalue weighted by Gasteiger charge is -2.32. The fourth-order valence-electron chi connectivity index (χ4n) is 4.83. The summed E-state index contributed by atoms with van der Waals surface area (Å²) in [4.78, 5) is 17.4. The Morgan fingerprint density at radius 2 is 1.72 bits per heavy atom. The molecule has 3 fully saturated rings. The minimum Gasteiger partial charge on any atom is -0.326 e. The summed E-state index contributed by atoms with van der Waals surface area (Å²) >= 11 is 0. The van der Waals surface area contributed by atoms with Crippen LogP contribution in [-0.2, 0) is 11.3 Å². The van der Waals surface area contributed by atoms with Crippen molar-refractivity contribution in [3.8, 4) is 0 Å². The van der Waals surface area contributed by atoms with E-state index in [2.05, 4.69) is 45.7 Å². The second kappa shape index (κ2) is 12.3. The van der Waals surface area contributed by atoms with Gasteiger partial charge in [0.05, 0.1) is 0 Å². The molecule has 3 aliphatic heterocycles. The van der Waals surface area contributed by atoms with E-state index < -0.39 is 0 Å². The van der Waals surface area contributed by atoms with Gasteiger partial charge >= 0.3 is 0 Å². The molecule has 1 aromatic rings. The summed E-state index contributed by atoms with van der Waals surface area (Å²) in [7, 11) is 2.18. The average molecular weight is 466 g/mol. The van der Waals surface area contributed by atoms with Crippen molar-refractivity contribution in [1.82, 2.24) is 15.1 Å². The highest BCUT2D eigenvalue weighted by molar-refractivity contribution is 5.91. The molecule has 3 saturated heterocycles. The molecule has 2 atom stereocenters. The lowest BCUT2D eigenvalue weighted by Crippen LogP contribution is -2.43. The van der Waals surface area contributed by atoms with Gasteiger partial charge in [-0.15, -0.1) is 37.2 Å². The fraction of sp³-hybridized carbons (Fsp3) is 0.667. The summed E-state index contributed by atoms with van der Waals surface area (Å²) < 4.78 is 0. The number of piperazine rings is 1. The Morgan fingerprint density at radius 3 is 2.38 bits per heavy atom. The number of nitrogens with one attached hydrogen (secondary N) is 2. The van der Waals surface area contributed by atoms with Crippen LogP contribution in [0, 0.1) is 5.92 Å². The third-order valence-corrected chi connectivity index (χ3v) is 6.26. The van der Waals surface area contributed by atoms with Gasteiger partial charge in [0.25, 0.3) is 0 Å². The molecule has 2 N–H and O–H groups in total. The van der Waals surface area contributed by atoms with Gasteiger partial charge in [0.15, 0.2) is 0 Å². The summed E-state index contributed by atoms with van der Waals surface area (Å²) in [5, 5.41) is 6.79. The third kappa shape index (κ3) is 7.57. The number of piperidine rings is 1. The highest BCUT2D eigenvalue weighted by atomic mass is 35.5. The summed E-state index contributed by atoms with van der Waals surface area (Å²) in [5.74, 6) is 0.718. The van der Waals surface area contributed by atoms with Gasteiger partial charge in [0.1, 0.15) is 0 Å². The molecule has 4 rings (SSSR count). The standard InChI is InChI=1S/C21H32N4O.3ClH/c1-24-7-9-25(10-8-24)15-16-3-2-4-18(11-16)23-21(26)14-17-12-19-5-6-20(13-17)22-19;;;/h2-4,11,17,19-20,22H,5-10,12-15H2,1H3,(H,23,26);3*1H. The Balaban J connectivity index is 0.00000140. The number of benzene rings is 1. The first-order valence-corrected chi connectivity index (χ1v) is 10.2. The molecule has 1 aromatic carbocycles. The molecular formula is C21H35Cl3N4O. The van der Waals surface area contributed by atoms with Gasteiger partial charge in [-0.25, -0.2) is 0 Å². The maximum absolute atomic E-state index is 12.5. The zero-order valence-corrected chi connectivity index (χ0v) is 19.6. The normalized spacial score (nSPS) is 26.6. The van der Waals surface area contributed by atoms with Crippen LogP contribution in [-0.4, -0.2) is 61.0 Å². The molecule has 0 aromatic heterocycles. The second-order valence-electron chi connectivity index (χ2n) is 8.51. The van der Waals surface area contributed by atoms with Gasteiger partial charge in [-0.3, -0.25) is 9.69 Å². The predicted octanol–water partition coefficient (Wildman–Crippen LogP) is 3.56. The highest BCUT2D eigenvalue weighted by Gasteiger charge is 2.34. The topological polar surface area (TPSA) is 47.6 Å². The monoisotopic (exact) mass is 464 g/mol. The Bertz CT molecular complexity index is 628. The average Bonchev–Trinajstić information content (AvgIpc) is 2.96. The molecule has 2 bridgehead atoms. The summed E-state index contributed by atoms with van der Waals surface area (Å²) in [5.41, 5.74) is 2.23. The van der Waals surface area contributed by atoms with Crippen molar-refractivity contribution in [2.24, 2.45) is 5.92 Å². The fourth-order valence-corrected chi connectivity index (χ4v) is 4.83. The minimum atomic E-state index is 0. The zero-order chi connectivity index (χ0) is 17.9. The predicted molar refractivity (Wildman–Crippen MR) is 127 cm³/mol. The van der Waals surface area contributed by atoms with Crippen LogP contribution in [0.15, 0.2) is 24.3 Å². The van der Waals surface area contributed by atoms with Crippen LogP contribution >= 0.6 is 37.2 Å². The van der Waals surface area contributed by atoms with Crippen molar-refractivity contribution in [2.75, 3.05) is 38.5 Å². The van der Waals surface area contributed by atoms with Crippen LogP contribution in [0.5, 0.6) is 0 Å². The number of nitrogens with zero attached hydrogens (tertiary/aromatic N) is 2. The molecule has 29 heavy (non-hydrogen) atoms. The summed E-state index contributed by atoms with van der Waals surface area (Å²) in [6.07, 6.45) is 5.56.